The Morgan fingerprint density at radius 2 is 1.77 bits per heavy atom. The first-order valence-electron chi connectivity index (χ1n) is 6.68. The minimum absolute atomic E-state index is 0.258. The van der Waals surface area contributed by atoms with Gasteiger partial charge in [0.05, 0.1) is 27.8 Å². The fourth-order valence-electron chi connectivity index (χ4n) is 1.63. The molecule has 0 fully saturated rings. The van der Waals surface area contributed by atoms with Crippen LogP contribution in [0.2, 0.25) is 0 Å². The van der Waals surface area contributed by atoms with Crippen LogP contribution in [0.1, 0.15) is 12.0 Å². The van der Waals surface area contributed by atoms with Crippen LogP contribution in [0.4, 0.5) is 0 Å². The molecule has 0 saturated carbocycles. The van der Waals surface area contributed by atoms with Gasteiger partial charge in [-0.15, -0.1) is 0 Å². The zero-order valence-electron chi connectivity index (χ0n) is 13.0. The first-order valence-corrected chi connectivity index (χ1v) is 7.83. The molecule has 6 heteroatoms. The molecule has 0 unspecified atom stereocenters. The van der Waals surface area contributed by atoms with E-state index in [-0.39, 0.29) is 11.9 Å². The van der Waals surface area contributed by atoms with Crippen LogP contribution in [0.25, 0.3) is 6.08 Å². The smallest absolute Gasteiger partial charge is 0.334 e. The van der Waals surface area contributed by atoms with Crippen LogP contribution in [-0.4, -0.2) is 44.8 Å². The van der Waals surface area contributed by atoms with Crippen LogP contribution >= 0.6 is 11.8 Å². The second-order valence-electron chi connectivity index (χ2n) is 4.31. The van der Waals surface area contributed by atoms with Gasteiger partial charge >= 0.3 is 11.9 Å². The number of benzene rings is 1. The Kier molecular flexibility index (Phi) is 8.14. The maximum atomic E-state index is 11.8. The van der Waals surface area contributed by atoms with Gasteiger partial charge in [0.15, 0.2) is 0 Å². The summed E-state index contributed by atoms with van der Waals surface area (Å²) >= 11 is 1.48. The fourth-order valence-corrected chi connectivity index (χ4v) is 2.51. The van der Waals surface area contributed by atoms with Gasteiger partial charge in [-0.05, 0) is 23.8 Å². The lowest BCUT2D eigenvalue weighted by atomic mass is 10.1. The Labute approximate surface area is 134 Å². The van der Waals surface area contributed by atoms with Crippen molar-refractivity contribution in [2.45, 2.75) is 6.42 Å². The van der Waals surface area contributed by atoms with Crippen molar-refractivity contribution in [3.63, 3.8) is 0 Å². The van der Waals surface area contributed by atoms with Crippen LogP contribution < -0.4 is 4.74 Å². The molecule has 1 rings (SSSR count). The molecular formula is C16H20O5S. The van der Waals surface area contributed by atoms with E-state index in [0.717, 1.165) is 11.3 Å². The summed E-state index contributed by atoms with van der Waals surface area (Å²) in [6, 6.07) is 7.37. The highest BCUT2D eigenvalue weighted by atomic mass is 32.2. The second kappa shape index (κ2) is 9.89. The Bertz CT molecular complexity index is 522. The fraction of sp³-hybridized carbons (Fsp3) is 0.375. The minimum Gasteiger partial charge on any atom is -0.497 e. The average Bonchev–Trinajstić information content (AvgIpc) is 2.57. The Morgan fingerprint density at radius 1 is 1.09 bits per heavy atom. The molecular weight excluding hydrogens is 304 g/mol. The van der Waals surface area contributed by atoms with E-state index in [9.17, 15) is 9.59 Å². The second-order valence-corrected chi connectivity index (χ2v) is 5.42. The molecule has 5 nitrogen and oxygen atoms in total. The van der Waals surface area contributed by atoms with Crippen molar-refractivity contribution in [3.8, 4) is 5.75 Å². The topological polar surface area (TPSA) is 61.8 Å². The number of rotatable bonds is 8. The van der Waals surface area contributed by atoms with Crippen LogP contribution in [0.15, 0.2) is 29.8 Å². The van der Waals surface area contributed by atoms with Crippen molar-refractivity contribution in [2.75, 3.05) is 32.8 Å². The maximum absolute atomic E-state index is 11.8. The molecule has 1 aromatic rings. The van der Waals surface area contributed by atoms with Crippen LogP contribution in [0.3, 0.4) is 0 Å². The molecule has 0 aliphatic heterocycles. The van der Waals surface area contributed by atoms with Gasteiger partial charge in [-0.25, -0.2) is 4.79 Å². The largest absolute Gasteiger partial charge is 0.497 e. The third kappa shape index (κ3) is 6.22. The van der Waals surface area contributed by atoms with Crippen molar-refractivity contribution in [3.05, 3.63) is 35.4 Å². The van der Waals surface area contributed by atoms with Crippen molar-refractivity contribution < 1.29 is 23.8 Å². The predicted molar refractivity (Wildman–Crippen MR) is 86.9 cm³/mol. The Hall–Kier alpha value is -1.95. The third-order valence-electron chi connectivity index (χ3n) is 2.84. The number of carbonyl (C=O) groups excluding carboxylic acids is 2. The molecule has 0 spiro atoms. The summed E-state index contributed by atoms with van der Waals surface area (Å²) in [4.78, 5) is 22.8. The van der Waals surface area contributed by atoms with E-state index in [2.05, 4.69) is 4.74 Å². The average molecular weight is 324 g/mol. The predicted octanol–water partition coefficient (Wildman–Crippen LogP) is 2.55. The van der Waals surface area contributed by atoms with Gasteiger partial charge in [-0.3, -0.25) is 4.79 Å². The lowest BCUT2D eigenvalue weighted by molar-refractivity contribution is -0.140. The van der Waals surface area contributed by atoms with Crippen molar-refractivity contribution in [1.82, 2.24) is 0 Å². The van der Waals surface area contributed by atoms with Crippen molar-refractivity contribution >= 4 is 29.8 Å². The number of hydrogen-bond donors (Lipinski definition) is 0. The first kappa shape index (κ1) is 18.1. The summed E-state index contributed by atoms with van der Waals surface area (Å²) in [5.41, 5.74) is 1.43. The molecule has 0 aliphatic carbocycles. The van der Waals surface area contributed by atoms with E-state index in [1.165, 1.54) is 26.0 Å². The summed E-state index contributed by atoms with van der Waals surface area (Å²) in [7, 11) is 4.31. The summed E-state index contributed by atoms with van der Waals surface area (Å²) in [5.74, 6) is 1.18. The Morgan fingerprint density at radius 3 is 2.32 bits per heavy atom. The third-order valence-corrected chi connectivity index (χ3v) is 3.85. The molecule has 0 bridgehead atoms. The highest BCUT2D eigenvalue weighted by Crippen LogP contribution is 2.17. The summed E-state index contributed by atoms with van der Waals surface area (Å²) < 4.78 is 14.5. The molecule has 0 radical (unpaired) electrons. The van der Waals surface area contributed by atoms with Crippen LogP contribution in [0.5, 0.6) is 5.75 Å². The van der Waals surface area contributed by atoms with Gasteiger partial charge in [-0.2, -0.15) is 11.8 Å². The van der Waals surface area contributed by atoms with Gasteiger partial charge in [0, 0.05) is 17.1 Å². The normalized spacial score (nSPS) is 11.0. The zero-order chi connectivity index (χ0) is 16.4. The molecule has 0 saturated heterocycles. The lowest BCUT2D eigenvalue weighted by Crippen LogP contribution is -2.08. The lowest BCUT2D eigenvalue weighted by Gasteiger charge is -2.06. The molecule has 120 valence electrons. The standard InChI is InChI=1S/C16H20O5S/c1-19-14-6-4-12(5-7-14)10-13(16(18)21-3)11-22-9-8-15(17)20-2/h4-7,10H,8-9,11H2,1-3H3/b13-10+. The number of thioether (sulfide) groups is 1. The van der Waals surface area contributed by atoms with E-state index in [4.69, 9.17) is 9.47 Å². The minimum atomic E-state index is -0.374. The van der Waals surface area contributed by atoms with E-state index >= 15 is 0 Å². The van der Waals surface area contributed by atoms with Gasteiger partial charge in [0.1, 0.15) is 5.75 Å². The SMILES string of the molecule is COC(=O)CCSC/C(=C\c1ccc(OC)cc1)C(=O)OC. The molecule has 0 heterocycles. The highest BCUT2D eigenvalue weighted by molar-refractivity contribution is 7.99. The number of methoxy groups -OCH3 is 3. The summed E-state index contributed by atoms with van der Waals surface area (Å²) in [6.45, 7) is 0. The van der Waals surface area contributed by atoms with Gasteiger partial charge < -0.3 is 14.2 Å². The molecule has 0 amide bonds. The molecule has 0 N–H and O–H groups in total. The monoisotopic (exact) mass is 324 g/mol. The van der Waals surface area contributed by atoms with Gasteiger partial charge in [0.25, 0.3) is 0 Å². The van der Waals surface area contributed by atoms with Crippen molar-refractivity contribution in [2.24, 2.45) is 0 Å². The van der Waals surface area contributed by atoms with E-state index < -0.39 is 0 Å². The van der Waals surface area contributed by atoms with Crippen LogP contribution in [-0.2, 0) is 19.1 Å². The molecule has 22 heavy (non-hydrogen) atoms. The highest BCUT2D eigenvalue weighted by Gasteiger charge is 2.10. The zero-order valence-corrected chi connectivity index (χ0v) is 13.8. The quantitative estimate of drug-likeness (QED) is 0.416. The van der Waals surface area contributed by atoms with E-state index in [1.807, 2.05) is 24.3 Å². The van der Waals surface area contributed by atoms with Crippen LogP contribution in [0, 0.1) is 0 Å². The van der Waals surface area contributed by atoms with E-state index in [0.29, 0.717) is 23.5 Å². The molecule has 0 atom stereocenters. The van der Waals surface area contributed by atoms with Gasteiger partial charge in [-0.1, -0.05) is 12.1 Å². The number of hydrogen-bond acceptors (Lipinski definition) is 6. The first-order chi connectivity index (χ1) is 10.6. The van der Waals surface area contributed by atoms with E-state index in [1.54, 1.807) is 13.2 Å². The molecule has 0 aromatic heterocycles. The Balaban J connectivity index is 2.68. The summed E-state index contributed by atoms with van der Waals surface area (Å²) in [6.07, 6.45) is 2.09. The number of carbonyl (C=O) groups is 2. The maximum Gasteiger partial charge on any atom is 0.334 e. The number of ether oxygens (including phenoxy) is 3. The molecule has 1 aromatic carbocycles. The van der Waals surface area contributed by atoms with Crippen molar-refractivity contribution in [1.29, 1.82) is 0 Å². The van der Waals surface area contributed by atoms with Gasteiger partial charge in [0.2, 0.25) is 0 Å². The number of esters is 2. The summed E-state index contributed by atoms with van der Waals surface area (Å²) in [5, 5.41) is 0. The molecule has 0 aliphatic rings.